The number of benzene rings is 1. The van der Waals surface area contributed by atoms with Crippen LogP contribution in [0.15, 0.2) is 18.2 Å². The zero-order valence-electron chi connectivity index (χ0n) is 11.0. The lowest BCUT2D eigenvalue weighted by molar-refractivity contribution is -0.394. The number of nitrogens with zero attached hydrogens (tertiary/aromatic N) is 2. The third-order valence-electron chi connectivity index (χ3n) is 2.87. The van der Waals surface area contributed by atoms with Gasteiger partial charge in [-0.2, -0.15) is 0 Å². The molecule has 12 heteroatoms. The number of amides is 4. The van der Waals surface area contributed by atoms with Crippen LogP contribution in [0.25, 0.3) is 0 Å². The third-order valence-corrected chi connectivity index (χ3v) is 2.87. The quantitative estimate of drug-likeness (QED) is 0.327. The highest BCUT2D eigenvalue weighted by Gasteiger charge is 2.41. The summed E-state index contributed by atoms with van der Waals surface area (Å²) in [5.74, 6) is -5.63. The Hall–Kier alpha value is -3.70. The van der Waals surface area contributed by atoms with Gasteiger partial charge in [-0.15, -0.1) is 0 Å². The van der Waals surface area contributed by atoms with Gasteiger partial charge in [-0.05, 0) is 0 Å². The Morgan fingerprint density at radius 1 is 0.913 bits per heavy atom. The largest absolute Gasteiger partial charge is 0.328 e. The minimum Gasteiger partial charge on any atom is -0.293 e. The molecule has 0 radical (unpaired) electrons. The third kappa shape index (κ3) is 2.99. The van der Waals surface area contributed by atoms with Gasteiger partial charge in [0.05, 0.1) is 15.9 Å². The van der Waals surface area contributed by atoms with E-state index in [4.69, 9.17) is 0 Å². The number of ketones is 1. The van der Waals surface area contributed by atoms with Gasteiger partial charge in [0.25, 0.3) is 11.4 Å². The van der Waals surface area contributed by atoms with E-state index in [1.165, 1.54) is 0 Å². The van der Waals surface area contributed by atoms with Gasteiger partial charge in [-0.3, -0.25) is 45.2 Å². The first-order valence-electron chi connectivity index (χ1n) is 5.84. The summed E-state index contributed by atoms with van der Waals surface area (Å²) >= 11 is 0. The molecule has 0 unspecified atom stereocenters. The Morgan fingerprint density at radius 2 is 1.35 bits per heavy atom. The molecular weight excluding hydrogens is 316 g/mol. The van der Waals surface area contributed by atoms with Crippen LogP contribution in [-0.2, 0) is 9.59 Å². The number of hydrogen-bond donors (Lipinski definition) is 2. The molecule has 0 spiro atoms. The van der Waals surface area contributed by atoms with Gasteiger partial charge in [-0.25, -0.2) is 4.79 Å². The number of imide groups is 2. The van der Waals surface area contributed by atoms with Crippen molar-refractivity contribution in [3.63, 3.8) is 0 Å². The molecule has 1 aliphatic heterocycles. The second kappa shape index (κ2) is 5.59. The number of barbiturate groups is 1. The minimum atomic E-state index is -1.98. The maximum atomic E-state index is 12.2. The van der Waals surface area contributed by atoms with Gasteiger partial charge >= 0.3 is 6.03 Å². The maximum Gasteiger partial charge on any atom is 0.328 e. The van der Waals surface area contributed by atoms with Crippen LogP contribution in [0.1, 0.15) is 10.4 Å². The van der Waals surface area contributed by atoms with Crippen LogP contribution in [0.5, 0.6) is 0 Å². The fourth-order valence-corrected chi connectivity index (χ4v) is 1.87. The molecule has 0 bridgehead atoms. The van der Waals surface area contributed by atoms with E-state index in [0.29, 0.717) is 18.2 Å². The van der Waals surface area contributed by atoms with Crippen LogP contribution in [-0.4, -0.2) is 33.5 Å². The molecule has 1 heterocycles. The Balaban J connectivity index is 2.48. The van der Waals surface area contributed by atoms with E-state index in [2.05, 4.69) is 0 Å². The van der Waals surface area contributed by atoms with Crippen molar-refractivity contribution in [3.05, 3.63) is 44.0 Å². The fraction of sp³-hybridized carbons (Fsp3) is 0.0909. The molecule has 1 aliphatic rings. The highest BCUT2D eigenvalue weighted by Crippen LogP contribution is 2.25. The van der Waals surface area contributed by atoms with E-state index in [1.807, 2.05) is 0 Å². The molecule has 0 saturated carbocycles. The molecule has 2 rings (SSSR count). The topological polar surface area (TPSA) is 179 Å². The summed E-state index contributed by atoms with van der Waals surface area (Å²) in [6.07, 6.45) is 0. The summed E-state index contributed by atoms with van der Waals surface area (Å²) in [5, 5.41) is 24.9. The molecule has 1 aromatic carbocycles. The molecule has 1 aromatic rings. The molecule has 4 amide bonds. The van der Waals surface area contributed by atoms with Crippen molar-refractivity contribution in [1.82, 2.24) is 10.6 Å². The number of urea groups is 1. The van der Waals surface area contributed by atoms with Crippen LogP contribution < -0.4 is 10.6 Å². The van der Waals surface area contributed by atoms with Crippen molar-refractivity contribution in [2.45, 2.75) is 0 Å². The van der Waals surface area contributed by atoms with Gasteiger partial charge in [0.2, 0.25) is 11.8 Å². The van der Waals surface area contributed by atoms with E-state index in [9.17, 15) is 39.4 Å². The first kappa shape index (κ1) is 15.7. The zero-order chi connectivity index (χ0) is 17.3. The molecule has 23 heavy (non-hydrogen) atoms. The van der Waals surface area contributed by atoms with Crippen LogP contribution in [0.2, 0.25) is 0 Å². The number of non-ortho nitro benzene ring substituents is 2. The first-order chi connectivity index (χ1) is 10.7. The lowest BCUT2D eigenvalue weighted by Gasteiger charge is -2.19. The molecule has 12 nitrogen and oxygen atoms in total. The molecule has 2 N–H and O–H groups in total. The zero-order valence-corrected chi connectivity index (χ0v) is 11.0. The first-order valence-corrected chi connectivity index (χ1v) is 5.84. The van der Waals surface area contributed by atoms with Crippen LogP contribution >= 0.6 is 0 Å². The summed E-state index contributed by atoms with van der Waals surface area (Å²) in [6.45, 7) is 0. The van der Waals surface area contributed by atoms with Crippen molar-refractivity contribution in [2.24, 2.45) is 5.92 Å². The monoisotopic (exact) mass is 322 g/mol. The van der Waals surface area contributed by atoms with Crippen molar-refractivity contribution < 1.29 is 29.0 Å². The van der Waals surface area contributed by atoms with Gasteiger partial charge in [0.15, 0.2) is 11.7 Å². The summed E-state index contributed by atoms with van der Waals surface area (Å²) in [6, 6.07) is 0.911. The number of Topliss-reactive ketones (excluding diaryl/α,β-unsaturated/α-hetero) is 1. The van der Waals surface area contributed by atoms with Crippen molar-refractivity contribution in [2.75, 3.05) is 0 Å². The number of hydrogen-bond acceptors (Lipinski definition) is 8. The van der Waals surface area contributed by atoms with Crippen molar-refractivity contribution in [1.29, 1.82) is 0 Å². The van der Waals surface area contributed by atoms with E-state index in [0.717, 1.165) is 0 Å². The summed E-state index contributed by atoms with van der Waals surface area (Å²) in [7, 11) is 0. The molecular formula is C11H6N4O8. The summed E-state index contributed by atoms with van der Waals surface area (Å²) < 4.78 is 0. The highest BCUT2D eigenvalue weighted by molar-refractivity contribution is 6.29. The molecule has 1 fully saturated rings. The predicted molar refractivity (Wildman–Crippen MR) is 69.3 cm³/mol. The summed E-state index contributed by atoms with van der Waals surface area (Å²) in [5.41, 5.74) is -2.08. The second-order valence-electron chi connectivity index (χ2n) is 4.36. The standard InChI is InChI=1S/C11H6N4O8/c16-8(7-9(17)12-11(19)13-10(7)18)4-1-5(14(20)21)3-6(2-4)15(22)23/h1-3,7H,(H2,12,13,17,18,19). The Bertz CT molecular complexity index is 734. The number of carbonyl (C=O) groups excluding carboxylic acids is 4. The molecule has 1 saturated heterocycles. The molecule has 118 valence electrons. The summed E-state index contributed by atoms with van der Waals surface area (Å²) in [4.78, 5) is 65.9. The van der Waals surface area contributed by atoms with Crippen molar-refractivity contribution in [3.8, 4) is 0 Å². The van der Waals surface area contributed by atoms with E-state index >= 15 is 0 Å². The average Bonchev–Trinajstić information content (AvgIpc) is 2.45. The Kier molecular flexibility index (Phi) is 3.81. The lowest BCUT2D eigenvalue weighted by Crippen LogP contribution is -2.57. The van der Waals surface area contributed by atoms with E-state index in [-0.39, 0.29) is 0 Å². The van der Waals surface area contributed by atoms with Crippen LogP contribution in [0, 0.1) is 26.1 Å². The molecule has 0 atom stereocenters. The van der Waals surface area contributed by atoms with Crippen LogP contribution in [0.3, 0.4) is 0 Å². The average molecular weight is 322 g/mol. The number of rotatable bonds is 4. The van der Waals surface area contributed by atoms with Gasteiger partial charge in [0.1, 0.15) is 0 Å². The number of nitro groups is 2. The van der Waals surface area contributed by atoms with E-state index < -0.39 is 56.3 Å². The minimum absolute atomic E-state index is 0.574. The van der Waals surface area contributed by atoms with Crippen molar-refractivity contribution >= 4 is 35.0 Å². The molecule has 0 aromatic heterocycles. The predicted octanol–water partition coefficient (Wildman–Crippen LogP) is -0.332. The van der Waals surface area contributed by atoms with Gasteiger partial charge in [-0.1, -0.05) is 0 Å². The normalized spacial score (nSPS) is 14.9. The smallest absolute Gasteiger partial charge is 0.293 e. The van der Waals surface area contributed by atoms with Gasteiger partial charge in [0, 0.05) is 17.7 Å². The Labute approximate surface area is 125 Å². The number of nitro benzene ring substituents is 2. The molecule has 0 aliphatic carbocycles. The van der Waals surface area contributed by atoms with E-state index in [1.54, 1.807) is 10.6 Å². The number of carbonyl (C=O) groups is 4. The fourth-order valence-electron chi connectivity index (χ4n) is 1.87. The maximum absolute atomic E-state index is 12.2. The lowest BCUT2D eigenvalue weighted by atomic mass is 9.94. The number of nitrogens with one attached hydrogen (secondary N) is 2. The van der Waals surface area contributed by atoms with Crippen LogP contribution in [0.4, 0.5) is 16.2 Å². The second-order valence-corrected chi connectivity index (χ2v) is 4.36. The van der Waals surface area contributed by atoms with Gasteiger partial charge < -0.3 is 0 Å². The highest BCUT2D eigenvalue weighted by atomic mass is 16.6. The SMILES string of the molecule is O=C1NC(=O)C(C(=O)c2cc([N+](=O)[O-])cc([N+](=O)[O-])c2)C(=O)N1. The Morgan fingerprint density at radius 3 is 1.74 bits per heavy atom.